The van der Waals surface area contributed by atoms with Crippen LogP contribution in [0.15, 0.2) is 41.5 Å². The van der Waals surface area contributed by atoms with Crippen molar-refractivity contribution in [1.29, 1.82) is 0 Å². The fourth-order valence-electron chi connectivity index (χ4n) is 2.72. The van der Waals surface area contributed by atoms with Crippen LogP contribution in [0.3, 0.4) is 0 Å². The molecule has 0 aliphatic carbocycles. The number of hydrogen-bond donors (Lipinski definition) is 2. The number of rotatable bonds is 5. The second kappa shape index (κ2) is 6.34. The summed E-state index contributed by atoms with van der Waals surface area (Å²) in [6.45, 7) is 6.87. The minimum atomic E-state index is -0.102. The SMILES string of the molecule is Cc1cnn(CC(C)NC(C)c2nc3ccccc3c(=O)[nH]2)c1. The zero-order valence-corrected chi connectivity index (χ0v) is 13.6. The Kier molecular flexibility index (Phi) is 4.25. The number of aryl methyl sites for hydroxylation is 1. The van der Waals surface area contributed by atoms with Crippen molar-refractivity contribution in [2.75, 3.05) is 0 Å². The Bertz CT molecular complexity index is 867. The lowest BCUT2D eigenvalue weighted by Gasteiger charge is -2.19. The van der Waals surface area contributed by atoms with Crippen LogP contribution in [0.4, 0.5) is 0 Å². The van der Waals surface area contributed by atoms with Gasteiger partial charge in [-0.1, -0.05) is 12.1 Å². The van der Waals surface area contributed by atoms with Crippen LogP contribution in [-0.2, 0) is 6.54 Å². The van der Waals surface area contributed by atoms with E-state index in [1.165, 1.54) is 0 Å². The molecule has 1 aromatic carbocycles. The van der Waals surface area contributed by atoms with Gasteiger partial charge in [-0.25, -0.2) is 4.98 Å². The standard InChI is InChI=1S/C17H21N5O/c1-11-8-18-22(9-11)10-12(2)19-13(3)16-20-15-7-5-4-6-14(15)17(23)21-16/h4-9,12-13,19H,10H2,1-3H3,(H,20,21,23). The molecule has 2 aromatic heterocycles. The number of aromatic amines is 1. The Morgan fingerprint density at radius 2 is 2.09 bits per heavy atom. The Morgan fingerprint density at radius 3 is 2.83 bits per heavy atom. The molecule has 0 aliphatic rings. The third kappa shape index (κ3) is 3.48. The monoisotopic (exact) mass is 311 g/mol. The number of aromatic nitrogens is 4. The first-order chi connectivity index (χ1) is 11.0. The van der Waals surface area contributed by atoms with Crippen molar-refractivity contribution in [2.45, 2.75) is 39.4 Å². The molecule has 2 heterocycles. The van der Waals surface area contributed by atoms with Crippen LogP contribution in [0.2, 0.25) is 0 Å². The molecule has 6 heteroatoms. The molecule has 0 fully saturated rings. The summed E-state index contributed by atoms with van der Waals surface area (Å²) in [6.07, 6.45) is 3.86. The van der Waals surface area contributed by atoms with Crippen LogP contribution < -0.4 is 10.9 Å². The van der Waals surface area contributed by atoms with Gasteiger partial charge in [0.05, 0.1) is 29.7 Å². The summed E-state index contributed by atoms with van der Waals surface area (Å²) in [5.74, 6) is 0.650. The van der Waals surface area contributed by atoms with Crippen molar-refractivity contribution in [1.82, 2.24) is 25.1 Å². The second-order valence-electron chi connectivity index (χ2n) is 6.00. The third-order valence-electron chi connectivity index (χ3n) is 3.80. The van der Waals surface area contributed by atoms with Crippen LogP contribution in [0.5, 0.6) is 0 Å². The van der Waals surface area contributed by atoms with E-state index >= 15 is 0 Å². The molecule has 2 atom stereocenters. The molecule has 0 saturated heterocycles. The van der Waals surface area contributed by atoms with Gasteiger partial charge in [0, 0.05) is 12.2 Å². The molecule has 2 N–H and O–H groups in total. The van der Waals surface area contributed by atoms with Crippen molar-refractivity contribution in [3.8, 4) is 0 Å². The molecule has 6 nitrogen and oxygen atoms in total. The molecule has 2 unspecified atom stereocenters. The average molecular weight is 311 g/mol. The quantitative estimate of drug-likeness (QED) is 0.757. The van der Waals surface area contributed by atoms with Gasteiger partial charge in [-0.3, -0.25) is 9.48 Å². The van der Waals surface area contributed by atoms with Crippen LogP contribution >= 0.6 is 0 Å². The van der Waals surface area contributed by atoms with Gasteiger partial charge >= 0.3 is 0 Å². The predicted octanol–water partition coefficient (Wildman–Crippen LogP) is 2.17. The summed E-state index contributed by atoms with van der Waals surface area (Å²) in [5, 5.41) is 8.36. The van der Waals surface area contributed by atoms with Gasteiger partial charge in [-0.2, -0.15) is 5.10 Å². The highest BCUT2D eigenvalue weighted by molar-refractivity contribution is 5.77. The first-order valence-electron chi connectivity index (χ1n) is 7.77. The molecule has 3 rings (SSSR count). The van der Waals surface area contributed by atoms with Crippen LogP contribution in [0.1, 0.15) is 31.3 Å². The molecule has 120 valence electrons. The maximum absolute atomic E-state index is 12.1. The lowest BCUT2D eigenvalue weighted by Crippen LogP contribution is -2.34. The van der Waals surface area contributed by atoms with Gasteiger partial charge in [-0.05, 0) is 38.5 Å². The van der Waals surface area contributed by atoms with Gasteiger partial charge in [0.1, 0.15) is 5.82 Å². The molecule has 23 heavy (non-hydrogen) atoms. The van der Waals surface area contributed by atoms with E-state index in [1.807, 2.05) is 49.1 Å². The highest BCUT2D eigenvalue weighted by atomic mass is 16.1. The lowest BCUT2D eigenvalue weighted by molar-refractivity contribution is 0.404. The Balaban J connectivity index is 1.75. The van der Waals surface area contributed by atoms with Gasteiger partial charge < -0.3 is 10.3 Å². The fraction of sp³-hybridized carbons (Fsp3) is 0.353. The first kappa shape index (κ1) is 15.4. The Hall–Kier alpha value is -2.47. The second-order valence-corrected chi connectivity index (χ2v) is 6.00. The van der Waals surface area contributed by atoms with E-state index in [4.69, 9.17) is 0 Å². The summed E-state index contributed by atoms with van der Waals surface area (Å²) < 4.78 is 1.91. The van der Waals surface area contributed by atoms with E-state index < -0.39 is 0 Å². The summed E-state index contributed by atoms with van der Waals surface area (Å²) >= 11 is 0. The van der Waals surface area contributed by atoms with Crippen LogP contribution in [0, 0.1) is 6.92 Å². The third-order valence-corrected chi connectivity index (χ3v) is 3.80. The summed E-state index contributed by atoms with van der Waals surface area (Å²) in [7, 11) is 0. The smallest absolute Gasteiger partial charge is 0.258 e. The average Bonchev–Trinajstić information content (AvgIpc) is 2.92. The molecule has 0 aliphatic heterocycles. The van der Waals surface area contributed by atoms with Crippen molar-refractivity contribution in [3.63, 3.8) is 0 Å². The predicted molar refractivity (Wildman–Crippen MR) is 90.3 cm³/mol. The summed E-state index contributed by atoms with van der Waals surface area (Å²) in [6, 6.07) is 7.51. The van der Waals surface area contributed by atoms with Gasteiger partial charge in [-0.15, -0.1) is 0 Å². The highest BCUT2D eigenvalue weighted by Gasteiger charge is 2.14. The lowest BCUT2D eigenvalue weighted by atomic mass is 10.2. The normalized spacial score (nSPS) is 14.0. The van der Waals surface area contributed by atoms with Crippen molar-refractivity contribution in [3.05, 3.63) is 58.4 Å². The van der Waals surface area contributed by atoms with Crippen molar-refractivity contribution >= 4 is 10.9 Å². The molecule has 0 radical (unpaired) electrons. The minimum absolute atomic E-state index is 0.0565. The molecule has 0 amide bonds. The molecule has 0 bridgehead atoms. The fourth-order valence-corrected chi connectivity index (χ4v) is 2.72. The van der Waals surface area contributed by atoms with Gasteiger partial charge in [0.25, 0.3) is 5.56 Å². The number of benzene rings is 1. The molecular weight excluding hydrogens is 290 g/mol. The Morgan fingerprint density at radius 1 is 1.30 bits per heavy atom. The van der Waals surface area contributed by atoms with E-state index in [1.54, 1.807) is 6.07 Å². The van der Waals surface area contributed by atoms with Gasteiger partial charge in [0.2, 0.25) is 0 Å². The van der Waals surface area contributed by atoms with E-state index in [-0.39, 0.29) is 17.6 Å². The molecule has 0 saturated carbocycles. The largest absolute Gasteiger partial charge is 0.309 e. The molecule has 3 aromatic rings. The number of nitrogens with zero attached hydrogens (tertiary/aromatic N) is 3. The number of hydrogen-bond acceptors (Lipinski definition) is 4. The van der Waals surface area contributed by atoms with Crippen molar-refractivity contribution in [2.24, 2.45) is 0 Å². The molecular formula is C17H21N5O. The van der Waals surface area contributed by atoms with Crippen molar-refractivity contribution < 1.29 is 0 Å². The maximum atomic E-state index is 12.1. The van der Waals surface area contributed by atoms with E-state index in [0.29, 0.717) is 11.2 Å². The summed E-state index contributed by atoms with van der Waals surface area (Å²) in [5.41, 5.74) is 1.76. The van der Waals surface area contributed by atoms with Crippen LogP contribution in [-0.4, -0.2) is 25.8 Å². The topological polar surface area (TPSA) is 75.6 Å². The zero-order chi connectivity index (χ0) is 16.4. The van der Waals surface area contributed by atoms with E-state index in [0.717, 1.165) is 17.6 Å². The number of fused-ring (bicyclic) bond motifs is 1. The number of nitrogens with one attached hydrogen (secondary N) is 2. The summed E-state index contributed by atoms with van der Waals surface area (Å²) in [4.78, 5) is 19.6. The number of para-hydroxylation sites is 1. The maximum Gasteiger partial charge on any atom is 0.258 e. The molecule has 0 spiro atoms. The van der Waals surface area contributed by atoms with Crippen LogP contribution in [0.25, 0.3) is 10.9 Å². The number of H-pyrrole nitrogens is 1. The minimum Gasteiger partial charge on any atom is -0.309 e. The first-order valence-corrected chi connectivity index (χ1v) is 7.77. The van der Waals surface area contributed by atoms with E-state index in [2.05, 4.69) is 27.3 Å². The zero-order valence-electron chi connectivity index (χ0n) is 13.6. The highest BCUT2D eigenvalue weighted by Crippen LogP contribution is 2.11. The Labute approximate surface area is 134 Å². The van der Waals surface area contributed by atoms with E-state index in [9.17, 15) is 4.79 Å². The van der Waals surface area contributed by atoms with Gasteiger partial charge in [0.15, 0.2) is 0 Å².